The van der Waals surface area contributed by atoms with E-state index in [0.717, 1.165) is 11.9 Å². The van der Waals surface area contributed by atoms with Gasteiger partial charge in [-0.15, -0.1) is 11.3 Å². The van der Waals surface area contributed by atoms with Crippen molar-refractivity contribution in [2.24, 2.45) is 0 Å². The number of anilines is 1. The smallest absolute Gasteiger partial charge is 0.137 e. The molecule has 3 heterocycles. The van der Waals surface area contributed by atoms with Crippen molar-refractivity contribution in [3.05, 3.63) is 23.7 Å². The average Bonchev–Trinajstić information content (AvgIpc) is 2.86. The second kappa shape index (κ2) is 4.94. The Morgan fingerprint density at radius 1 is 1.41 bits per heavy atom. The highest BCUT2D eigenvalue weighted by atomic mass is 79.9. The van der Waals surface area contributed by atoms with E-state index >= 15 is 0 Å². The first-order valence-electron chi connectivity index (χ1n) is 6.05. The van der Waals surface area contributed by atoms with Crippen molar-refractivity contribution in [3.8, 4) is 0 Å². The Morgan fingerprint density at radius 3 is 3.24 bits per heavy atom. The van der Waals surface area contributed by atoms with Crippen molar-refractivity contribution in [1.82, 2.24) is 4.98 Å². The molecule has 2 aromatic heterocycles. The monoisotopic (exact) mass is 310 g/mol. The zero-order valence-electron chi connectivity index (χ0n) is 9.60. The molecule has 0 N–H and O–H groups in total. The van der Waals surface area contributed by atoms with E-state index in [1.165, 1.54) is 35.2 Å². The number of halogens is 1. The van der Waals surface area contributed by atoms with Crippen LogP contribution in [0.5, 0.6) is 0 Å². The predicted molar refractivity (Wildman–Crippen MR) is 78.4 cm³/mol. The Morgan fingerprint density at radius 2 is 2.35 bits per heavy atom. The maximum Gasteiger partial charge on any atom is 0.137 e. The third kappa shape index (κ3) is 2.08. The molecule has 0 saturated carbocycles. The van der Waals surface area contributed by atoms with Gasteiger partial charge >= 0.3 is 0 Å². The predicted octanol–water partition coefficient (Wildman–Crippen LogP) is 4.05. The Kier molecular flexibility index (Phi) is 3.34. The first-order valence-corrected chi connectivity index (χ1v) is 8.05. The maximum atomic E-state index is 4.61. The summed E-state index contributed by atoms with van der Waals surface area (Å²) >= 11 is 5.43. The zero-order chi connectivity index (χ0) is 11.7. The molecule has 2 nitrogen and oxygen atoms in total. The van der Waals surface area contributed by atoms with Gasteiger partial charge in [0.05, 0.1) is 0 Å². The number of hydrogen-bond donors (Lipinski definition) is 0. The van der Waals surface area contributed by atoms with Crippen LogP contribution in [0.25, 0.3) is 10.1 Å². The summed E-state index contributed by atoms with van der Waals surface area (Å²) < 4.78 is 1.34. The summed E-state index contributed by atoms with van der Waals surface area (Å²) in [4.78, 5) is 7.09. The summed E-state index contributed by atoms with van der Waals surface area (Å²) in [5.74, 6) is 1.17. The normalized spacial score (nSPS) is 21.0. The fourth-order valence-electron chi connectivity index (χ4n) is 2.55. The second-order valence-electron chi connectivity index (χ2n) is 4.46. The summed E-state index contributed by atoms with van der Waals surface area (Å²) in [6, 6.07) is 4.90. The van der Waals surface area contributed by atoms with Crippen LogP contribution in [0, 0.1) is 0 Å². The Bertz CT molecular complexity index is 511. The van der Waals surface area contributed by atoms with Crippen molar-refractivity contribution in [3.63, 3.8) is 0 Å². The summed E-state index contributed by atoms with van der Waals surface area (Å²) in [7, 11) is 0. The van der Waals surface area contributed by atoms with Gasteiger partial charge < -0.3 is 4.90 Å². The largest absolute Gasteiger partial charge is 0.352 e. The molecule has 4 heteroatoms. The number of piperidine rings is 1. The van der Waals surface area contributed by atoms with Gasteiger partial charge in [0, 0.05) is 34.2 Å². The van der Waals surface area contributed by atoms with Crippen LogP contribution in [0.2, 0.25) is 0 Å². The molecule has 0 aliphatic carbocycles. The van der Waals surface area contributed by atoms with Gasteiger partial charge in [0.2, 0.25) is 0 Å². The van der Waals surface area contributed by atoms with E-state index in [1.807, 2.05) is 6.20 Å². The number of hydrogen-bond acceptors (Lipinski definition) is 3. The molecule has 2 aromatic rings. The van der Waals surface area contributed by atoms with Gasteiger partial charge in [-0.1, -0.05) is 15.9 Å². The summed E-state index contributed by atoms with van der Waals surface area (Å²) in [5.41, 5.74) is 0. The van der Waals surface area contributed by atoms with E-state index in [0.29, 0.717) is 6.04 Å². The molecule has 1 saturated heterocycles. The van der Waals surface area contributed by atoms with Crippen molar-refractivity contribution in [1.29, 1.82) is 0 Å². The fraction of sp³-hybridized carbons (Fsp3) is 0.462. The molecule has 1 aliphatic heterocycles. The number of nitrogens with zero attached hydrogens (tertiary/aromatic N) is 2. The fourth-order valence-corrected chi connectivity index (χ4v) is 4.00. The molecule has 0 aromatic carbocycles. The Balaban J connectivity index is 2.04. The molecular weight excluding hydrogens is 296 g/mol. The molecule has 3 rings (SSSR count). The van der Waals surface area contributed by atoms with Crippen LogP contribution in [-0.2, 0) is 0 Å². The molecule has 1 aliphatic rings. The zero-order valence-corrected chi connectivity index (χ0v) is 12.0. The van der Waals surface area contributed by atoms with Crippen LogP contribution in [0.3, 0.4) is 0 Å². The van der Waals surface area contributed by atoms with Crippen molar-refractivity contribution in [2.75, 3.05) is 16.8 Å². The first-order chi connectivity index (χ1) is 8.40. The van der Waals surface area contributed by atoms with Crippen LogP contribution < -0.4 is 4.90 Å². The number of alkyl halides is 1. The third-order valence-electron chi connectivity index (χ3n) is 3.44. The number of aromatic nitrogens is 1. The molecule has 1 unspecified atom stereocenters. The van der Waals surface area contributed by atoms with E-state index in [1.54, 1.807) is 11.3 Å². The highest BCUT2D eigenvalue weighted by molar-refractivity contribution is 9.09. The van der Waals surface area contributed by atoms with Gasteiger partial charge in [-0.2, -0.15) is 0 Å². The SMILES string of the molecule is BrCC1CCCCN1c1nccc2sccc12. The number of thiophene rings is 1. The highest BCUT2D eigenvalue weighted by Gasteiger charge is 2.23. The van der Waals surface area contributed by atoms with Gasteiger partial charge in [-0.05, 0) is 36.8 Å². The lowest BCUT2D eigenvalue weighted by Crippen LogP contribution is -2.41. The minimum Gasteiger partial charge on any atom is -0.352 e. The lowest BCUT2D eigenvalue weighted by molar-refractivity contribution is 0.489. The Hall–Kier alpha value is -0.610. The van der Waals surface area contributed by atoms with Gasteiger partial charge in [0.25, 0.3) is 0 Å². The summed E-state index contributed by atoms with van der Waals surface area (Å²) in [5, 5.41) is 4.50. The van der Waals surface area contributed by atoms with Crippen LogP contribution in [0.1, 0.15) is 19.3 Å². The third-order valence-corrected chi connectivity index (χ3v) is 5.07. The van der Waals surface area contributed by atoms with Crippen LogP contribution >= 0.6 is 27.3 Å². The Labute approximate surface area is 114 Å². The highest BCUT2D eigenvalue weighted by Crippen LogP contribution is 2.32. The lowest BCUT2D eigenvalue weighted by Gasteiger charge is -2.36. The van der Waals surface area contributed by atoms with Crippen molar-refractivity contribution in [2.45, 2.75) is 25.3 Å². The first kappa shape index (κ1) is 11.5. The molecule has 0 radical (unpaired) electrons. The van der Waals surface area contributed by atoms with Gasteiger partial charge in [0.15, 0.2) is 0 Å². The van der Waals surface area contributed by atoms with Crippen molar-refractivity contribution >= 4 is 43.2 Å². The number of fused-ring (bicyclic) bond motifs is 1. The van der Waals surface area contributed by atoms with E-state index < -0.39 is 0 Å². The van der Waals surface area contributed by atoms with Crippen molar-refractivity contribution < 1.29 is 0 Å². The van der Waals surface area contributed by atoms with E-state index in [9.17, 15) is 0 Å². The molecule has 1 fully saturated rings. The quantitative estimate of drug-likeness (QED) is 0.778. The molecule has 90 valence electrons. The lowest BCUT2D eigenvalue weighted by atomic mass is 10.0. The maximum absolute atomic E-state index is 4.61. The number of pyridine rings is 1. The molecule has 17 heavy (non-hydrogen) atoms. The van der Waals surface area contributed by atoms with Crippen LogP contribution in [0.15, 0.2) is 23.7 Å². The minimum atomic E-state index is 0.599. The molecule has 0 bridgehead atoms. The van der Waals surface area contributed by atoms with Gasteiger partial charge in [-0.25, -0.2) is 4.98 Å². The topological polar surface area (TPSA) is 16.1 Å². The van der Waals surface area contributed by atoms with E-state index in [4.69, 9.17) is 0 Å². The average molecular weight is 311 g/mol. The van der Waals surface area contributed by atoms with Gasteiger partial charge in [-0.3, -0.25) is 0 Å². The van der Waals surface area contributed by atoms with Gasteiger partial charge in [0.1, 0.15) is 5.82 Å². The minimum absolute atomic E-state index is 0.599. The molecule has 0 amide bonds. The van der Waals surface area contributed by atoms with E-state index in [-0.39, 0.29) is 0 Å². The number of rotatable bonds is 2. The standard InChI is InChI=1S/C13H15BrN2S/c14-9-10-3-1-2-7-16(10)13-11-5-8-17-12(11)4-6-15-13/h4-6,8,10H,1-3,7,9H2. The summed E-state index contributed by atoms with van der Waals surface area (Å²) in [6.07, 6.45) is 5.83. The van der Waals surface area contributed by atoms with Crippen LogP contribution in [-0.4, -0.2) is 22.9 Å². The summed E-state index contributed by atoms with van der Waals surface area (Å²) in [6.45, 7) is 1.14. The molecule has 1 atom stereocenters. The second-order valence-corrected chi connectivity index (χ2v) is 6.06. The molecular formula is C13H15BrN2S. The van der Waals surface area contributed by atoms with Crippen LogP contribution in [0.4, 0.5) is 5.82 Å². The molecule has 0 spiro atoms. The van der Waals surface area contributed by atoms with E-state index in [2.05, 4.69) is 43.3 Å².